The van der Waals surface area contributed by atoms with Gasteiger partial charge in [-0.2, -0.15) is 0 Å². The summed E-state index contributed by atoms with van der Waals surface area (Å²) in [5.41, 5.74) is 4.26. The van der Waals surface area contributed by atoms with Gasteiger partial charge < -0.3 is 15.4 Å². The number of nitrogens with two attached hydrogens (primary N) is 1. The van der Waals surface area contributed by atoms with E-state index in [4.69, 9.17) is 10.9 Å². The van der Waals surface area contributed by atoms with Crippen molar-refractivity contribution < 1.29 is 9.90 Å². The maximum absolute atomic E-state index is 12.4. The van der Waals surface area contributed by atoms with Gasteiger partial charge in [-0.1, -0.05) is 18.2 Å². The Bertz CT molecular complexity index is 615. The summed E-state index contributed by atoms with van der Waals surface area (Å²) in [4.78, 5) is 18.3. The summed E-state index contributed by atoms with van der Waals surface area (Å²) >= 11 is 0. The Hall–Kier alpha value is -2.18. The van der Waals surface area contributed by atoms with Crippen molar-refractivity contribution in [2.45, 2.75) is 6.92 Å². The highest BCUT2D eigenvalue weighted by Crippen LogP contribution is 2.22. The highest BCUT2D eigenvalue weighted by molar-refractivity contribution is 5.99. The Morgan fingerprint density at radius 2 is 2.20 bits per heavy atom. The molecule has 0 aliphatic carbocycles. The van der Waals surface area contributed by atoms with Gasteiger partial charge in [-0.3, -0.25) is 10.6 Å². The van der Waals surface area contributed by atoms with Crippen LogP contribution in [0.4, 0.5) is 5.69 Å². The molecule has 0 spiro atoms. The minimum atomic E-state index is -0.219. The first-order valence-electron chi connectivity index (χ1n) is 6.47. The summed E-state index contributed by atoms with van der Waals surface area (Å²) in [5.74, 6) is 5.29. The fraction of sp³-hybridized carbons (Fsp3) is 0.286. The van der Waals surface area contributed by atoms with Crippen molar-refractivity contribution in [1.82, 2.24) is 9.88 Å². The van der Waals surface area contributed by atoms with Gasteiger partial charge >= 0.3 is 0 Å². The van der Waals surface area contributed by atoms with Crippen LogP contribution in [0.1, 0.15) is 17.4 Å². The summed E-state index contributed by atoms with van der Waals surface area (Å²) in [6, 6.07) is 9.09. The zero-order valence-corrected chi connectivity index (χ0v) is 11.3. The van der Waals surface area contributed by atoms with E-state index in [1.807, 2.05) is 31.2 Å². The van der Waals surface area contributed by atoms with E-state index in [2.05, 4.69) is 10.4 Å². The van der Waals surface area contributed by atoms with Gasteiger partial charge in [0.1, 0.15) is 5.69 Å². The van der Waals surface area contributed by atoms with Crippen LogP contribution in [-0.4, -0.2) is 40.6 Å². The number of nitrogen functional groups attached to an aromatic ring is 1. The summed E-state index contributed by atoms with van der Waals surface area (Å²) < 4.78 is 0. The van der Waals surface area contributed by atoms with Crippen LogP contribution in [-0.2, 0) is 0 Å². The first kappa shape index (κ1) is 14.2. The molecule has 2 aromatic rings. The molecule has 0 aliphatic rings. The van der Waals surface area contributed by atoms with Gasteiger partial charge in [0.15, 0.2) is 0 Å². The standard InChI is InChI=1S/C14H18N4O2/c1-2-18(7-8-19)14(20)13-9-12(17-15)10-5-3-4-6-11(10)16-13/h3-6,9,19H,2,7-8,15H2,1H3,(H,16,17). The van der Waals surface area contributed by atoms with Crippen LogP contribution in [0.25, 0.3) is 10.9 Å². The lowest BCUT2D eigenvalue weighted by Gasteiger charge is -2.19. The maximum atomic E-state index is 12.4. The van der Waals surface area contributed by atoms with Gasteiger partial charge in [0.25, 0.3) is 5.91 Å². The first-order valence-corrected chi connectivity index (χ1v) is 6.47. The summed E-state index contributed by atoms with van der Waals surface area (Å²) in [5, 5.41) is 9.85. The van der Waals surface area contributed by atoms with E-state index in [9.17, 15) is 4.79 Å². The Balaban J connectivity index is 2.46. The molecule has 1 amide bonds. The number of hydrogen-bond donors (Lipinski definition) is 3. The van der Waals surface area contributed by atoms with Gasteiger partial charge in [-0.05, 0) is 19.1 Å². The van der Waals surface area contributed by atoms with Crippen molar-refractivity contribution in [3.63, 3.8) is 0 Å². The van der Waals surface area contributed by atoms with Crippen LogP contribution < -0.4 is 11.3 Å². The topological polar surface area (TPSA) is 91.5 Å². The molecule has 0 fully saturated rings. The number of nitrogens with one attached hydrogen (secondary N) is 1. The third-order valence-electron chi connectivity index (χ3n) is 3.13. The molecule has 1 aromatic heterocycles. The van der Waals surface area contributed by atoms with Crippen molar-refractivity contribution in [2.24, 2.45) is 5.84 Å². The van der Waals surface area contributed by atoms with Crippen LogP contribution in [0, 0.1) is 0 Å². The molecule has 4 N–H and O–H groups in total. The third kappa shape index (κ3) is 2.71. The van der Waals surface area contributed by atoms with Gasteiger partial charge in [0.05, 0.1) is 17.8 Å². The number of fused-ring (bicyclic) bond motifs is 1. The number of pyridine rings is 1. The van der Waals surface area contributed by atoms with E-state index in [0.717, 1.165) is 5.39 Å². The van der Waals surface area contributed by atoms with Crippen LogP contribution in [0.5, 0.6) is 0 Å². The smallest absolute Gasteiger partial charge is 0.272 e. The second-order valence-electron chi connectivity index (χ2n) is 4.32. The molecule has 6 heteroatoms. The number of rotatable bonds is 5. The number of carbonyl (C=O) groups excluding carboxylic acids is 1. The van der Waals surface area contributed by atoms with E-state index in [1.54, 1.807) is 6.07 Å². The van der Waals surface area contributed by atoms with E-state index < -0.39 is 0 Å². The van der Waals surface area contributed by atoms with Crippen LogP contribution in [0.2, 0.25) is 0 Å². The van der Waals surface area contributed by atoms with Crippen molar-refractivity contribution in [3.05, 3.63) is 36.0 Å². The molecule has 0 radical (unpaired) electrons. The molecule has 1 heterocycles. The van der Waals surface area contributed by atoms with E-state index in [-0.39, 0.29) is 19.1 Å². The molecule has 2 rings (SSSR count). The zero-order chi connectivity index (χ0) is 14.5. The fourth-order valence-electron chi connectivity index (χ4n) is 2.09. The quantitative estimate of drug-likeness (QED) is 0.558. The highest BCUT2D eigenvalue weighted by Gasteiger charge is 2.17. The average molecular weight is 274 g/mol. The molecule has 0 unspecified atom stereocenters. The largest absolute Gasteiger partial charge is 0.395 e. The summed E-state index contributed by atoms with van der Waals surface area (Å²) in [6.45, 7) is 2.58. The predicted molar refractivity (Wildman–Crippen MR) is 78.2 cm³/mol. The van der Waals surface area contributed by atoms with E-state index in [1.165, 1.54) is 4.90 Å². The predicted octanol–water partition coefficient (Wildman–Crippen LogP) is 0.975. The molecule has 1 aromatic carbocycles. The average Bonchev–Trinajstić information content (AvgIpc) is 2.50. The van der Waals surface area contributed by atoms with E-state index >= 15 is 0 Å². The molecule has 0 aliphatic heterocycles. The van der Waals surface area contributed by atoms with Crippen molar-refractivity contribution in [2.75, 3.05) is 25.1 Å². The number of aromatic nitrogens is 1. The van der Waals surface area contributed by atoms with Gasteiger partial charge in [-0.15, -0.1) is 0 Å². The number of aliphatic hydroxyl groups excluding tert-OH is 1. The van der Waals surface area contributed by atoms with Crippen molar-refractivity contribution in [3.8, 4) is 0 Å². The number of likely N-dealkylation sites (N-methyl/N-ethyl adjacent to an activating group) is 1. The molecular weight excluding hydrogens is 256 g/mol. The molecule has 0 atom stereocenters. The molecule has 106 valence electrons. The Morgan fingerprint density at radius 1 is 1.45 bits per heavy atom. The SMILES string of the molecule is CCN(CCO)C(=O)c1cc(NN)c2ccccc2n1. The number of nitrogens with zero attached hydrogens (tertiary/aromatic N) is 2. The lowest BCUT2D eigenvalue weighted by atomic mass is 10.1. The molecule has 6 nitrogen and oxygen atoms in total. The second-order valence-corrected chi connectivity index (χ2v) is 4.32. The summed E-state index contributed by atoms with van der Waals surface area (Å²) in [6.07, 6.45) is 0. The van der Waals surface area contributed by atoms with Gasteiger partial charge in [0.2, 0.25) is 0 Å². The number of carbonyl (C=O) groups is 1. The Morgan fingerprint density at radius 3 is 2.85 bits per heavy atom. The molecule has 20 heavy (non-hydrogen) atoms. The van der Waals surface area contributed by atoms with Gasteiger partial charge in [-0.25, -0.2) is 4.98 Å². The molecular formula is C14H18N4O2. The van der Waals surface area contributed by atoms with Crippen LogP contribution >= 0.6 is 0 Å². The number of para-hydroxylation sites is 1. The number of benzene rings is 1. The van der Waals surface area contributed by atoms with Crippen LogP contribution in [0.15, 0.2) is 30.3 Å². The number of amides is 1. The Labute approximate surface area is 117 Å². The van der Waals surface area contributed by atoms with Crippen molar-refractivity contribution >= 4 is 22.5 Å². The fourth-order valence-corrected chi connectivity index (χ4v) is 2.09. The minimum Gasteiger partial charge on any atom is -0.395 e. The molecule has 0 bridgehead atoms. The van der Waals surface area contributed by atoms with Gasteiger partial charge in [0, 0.05) is 18.5 Å². The molecule has 0 saturated carbocycles. The summed E-state index contributed by atoms with van der Waals surface area (Å²) in [7, 11) is 0. The lowest BCUT2D eigenvalue weighted by molar-refractivity contribution is 0.0726. The zero-order valence-electron chi connectivity index (χ0n) is 11.3. The number of anilines is 1. The molecule has 0 saturated heterocycles. The van der Waals surface area contributed by atoms with Crippen LogP contribution in [0.3, 0.4) is 0 Å². The second kappa shape index (κ2) is 6.31. The third-order valence-corrected chi connectivity index (χ3v) is 3.13. The Kier molecular flexibility index (Phi) is 4.49. The number of aliphatic hydroxyl groups is 1. The first-order chi connectivity index (χ1) is 9.71. The normalized spacial score (nSPS) is 10.6. The highest BCUT2D eigenvalue weighted by atomic mass is 16.3. The minimum absolute atomic E-state index is 0.0742. The van der Waals surface area contributed by atoms with Crippen molar-refractivity contribution in [1.29, 1.82) is 0 Å². The van der Waals surface area contributed by atoms with E-state index in [0.29, 0.717) is 23.4 Å². The lowest BCUT2D eigenvalue weighted by Crippen LogP contribution is -2.34. The maximum Gasteiger partial charge on any atom is 0.272 e. The number of hydrazine groups is 1. The number of hydrogen-bond acceptors (Lipinski definition) is 5. The monoisotopic (exact) mass is 274 g/mol.